The topological polar surface area (TPSA) is 57.1 Å². The normalized spacial score (nSPS) is 15.1. The van der Waals surface area contributed by atoms with Gasteiger partial charge in [0.15, 0.2) is 11.5 Å². The molecule has 0 bridgehead atoms. The molecule has 0 atom stereocenters. The van der Waals surface area contributed by atoms with Gasteiger partial charge < -0.3 is 32.5 Å². The standard InChI is InChI=1S/C10H13NO2.BrH/c12-9-5-7-3-1-2-4-11-8(7)6-10(9)13;/h5-6,11-13H,1-4H2;1H. The molecular formula is C10H14BrNO2. The van der Waals surface area contributed by atoms with Crippen LogP contribution < -0.4 is 22.3 Å². The fraction of sp³-hybridized carbons (Fsp3) is 0.400. The van der Waals surface area contributed by atoms with Gasteiger partial charge in [0, 0.05) is 11.6 Å². The number of rotatable bonds is 0. The van der Waals surface area contributed by atoms with E-state index in [9.17, 15) is 10.2 Å². The van der Waals surface area contributed by atoms with Gasteiger partial charge >= 0.3 is 0 Å². The van der Waals surface area contributed by atoms with Crippen LogP contribution in [-0.4, -0.2) is 16.8 Å². The van der Waals surface area contributed by atoms with E-state index < -0.39 is 0 Å². The van der Waals surface area contributed by atoms with Crippen LogP contribution in [0.2, 0.25) is 0 Å². The molecule has 0 aromatic heterocycles. The molecule has 1 aromatic rings. The van der Waals surface area contributed by atoms with Crippen LogP contribution in [-0.2, 0) is 6.42 Å². The summed E-state index contributed by atoms with van der Waals surface area (Å²) in [5.74, 6) is -0.0223. The van der Waals surface area contributed by atoms with E-state index in [1.807, 2.05) is 0 Å². The SMILES string of the molecule is Oc1cc2c(cc1O)[NH2+]CCCC2.[Br-]. The molecule has 3 nitrogen and oxygen atoms in total. The van der Waals surface area contributed by atoms with Crippen molar-refractivity contribution in [2.45, 2.75) is 19.3 Å². The van der Waals surface area contributed by atoms with E-state index in [0.717, 1.165) is 30.6 Å². The molecule has 78 valence electrons. The van der Waals surface area contributed by atoms with Gasteiger partial charge in [0.2, 0.25) is 0 Å². The van der Waals surface area contributed by atoms with Crippen molar-refractivity contribution in [3.63, 3.8) is 0 Å². The summed E-state index contributed by atoms with van der Waals surface area (Å²) in [5.41, 5.74) is 2.22. The van der Waals surface area contributed by atoms with Crippen molar-refractivity contribution in [3.8, 4) is 11.5 Å². The molecule has 1 aromatic carbocycles. The minimum absolute atomic E-state index is 0. The van der Waals surface area contributed by atoms with E-state index in [2.05, 4.69) is 5.32 Å². The lowest BCUT2D eigenvalue weighted by molar-refractivity contribution is -0.571. The Labute approximate surface area is 93.5 Å². The third kappa shape index (κ3) is 2.19. The van der Waals surface area contributed by atoms with Gasteiger partial charge in [-0.05, 0) is 25.3 Å². The molecule has 0 spiro atoms. The van der Waals surface area contributed by atoms with Gasteiger partial charge in [-0.3, -0.25) is 0 Å². The maximum Gasteiger partial charge on any atom is 0.163 e. The molecule has 0 unspecified atom stereocenters. The molecule has 14 heavy (non-hydrogen) atoms. The fourth-order valence-electron chi connectivity index (χ4n) is 1.76. The average Bonchev–Trinajstić information content (AvgIpc) is 2.31. The van der Waals surface area contributed by atoms with Crippen LogP contribution in [0.3, 0.4) is 0 Å². The summed E-state index contributed by atoms with van der Waals surface area (Å²) in [5, 5.41) is 20.7. The Balaban J connectivity index is 0.000000980. The molecule has 1 aliphatic heterocycles. The van der Waals surface area contributed by atoms with Crippen LogP contribution in [0.25, 0.3) is 0 Å². The van der Waals surface area contributed by atoms with Crippen LogP contribution in [0.5, 0.6) is 11.5 Å². The number of aryl methyl sites for hydroxylation is 1. The maximum atomic E-state index is 9.30. The van der Waals surface area contributed by atoms with E-state index in [1.165, 1.54) is 6.42 Å². The number of quaternary nitrogens is 1. The quantitative estimate of drug-likeness (QED) is 0.277. The van der Waals surface area contributed by atoms with E-state index in [-0.39, 0.29) is 28.5 Å². The smallest absolute Gasteiger partial charge is 0.163 e. The summed E-state index contributed by atoms with van der Waals surface area (Å²) in [4.78, 5) is 0. The van der Waals surface area contributed by atoms with Crippen molar-refractivity contribution in [1.29, 1.82) is 0 Å². The number of hydrogen-bond donors (Lipinski definition) is 3. The summed E-state index contributed by atoms with van der Waals surface area (Å²) >= 11 is 0. The van der Waals surface area contributed by atoms with Crippen LogP contribution in [0.15, 0.2) is 12.1 Å². The van der Waals surface area contributed by atoms with Crippen LogP contribution in [0.1, 0.15) is 18.4 Å². The molecule has 0 radical (unpaired) electrons. The zero-order valence-electron chi connectivity index (χ0n) is 7.83. The zero-order valence-corrected chi connectivity index (χ0v) is 9.42. The second-order valence-corrected chi connectivity index (χ2v) is 3.49. The second-order valence-electron chi connectivity index (χ2n) is 3.49. The third-order valence-electron chi connectivity index (χ3n) is 2.50. The number of nitrogens with two attached hydrogens (primary N) is 1. The maximum absolute atomic E-state index is 9.30. The molecule has 0 amide bonds. The van der Waals surface area contributed by atoms with Gasteiger partial charge in [0.25, 0.3) is 0 Å². The largest absolute Gasteiger partial charge is 1.00 e. The number of phenols is 2. The number of benzene rings is 1. The zero-order chi connectivity index (χ0) is 9.26. The van der Waals surface area contributed by atoms with Gasteiger partial charge in [-0.15, -0.1) is 0 Å². The lowest BCUT2D eigenvalue weighted by atomic mass is 10.1. The number of hydrogen-bond acceptors (Lipinski definition) is 2. The molecule has 1 aliphatic rings. The van der Waals surface area contributed by atoms with Crippen LogP contribution >= 0.6 is 0 Å². The van der Waals surface area contributed by atoms with E-state index in [1.54, 1.807) is 12.1 Å². The molecule has 0 saturated carbocycles. The third-order valence-corrected chi connectivity index (χ3v) is 2.50. The molecule has 2 rings (SSSR count). The Morgan fingerprint density at radius 2 is 1.79 bits per heavy atom. The van der Waals surface area contributed by atoms with E-state index >= 15 is 0 Å². The Hall–Kier alpha value is -0.740. The first-order valence-electron chi connectivity index (χ1n) is 4.65. The first-order valence-corrected chi connectivity index (χ1v) is 4.65. The van der Waals surface area contributed by atoms with Gasteiger partial charge in [-0.1, -0.05) is 0 Å². The fourth-order valence-corrected chi connectivity index (χ4v) is 1.76. The first-order chi connectivity index (χ1) is 6.27. The average molecular weight is 260 g/mol. The minimum atomic E-state index is -0.0168. The van der Waals surface area contributed by atoms with Crippen molar-refractivity contribution in [2.75, 3.05) is 6.54 Å². The lowest BCUT2D eigenvalue weighted by Crippen LogP contribution is -3.00. The van der Waals surface area contributed by atoms with Crippen molar-refractivity contribution >= 4 is 5.69 Å². The predicted octanol–water partition coefficient (Wildman–Crippen LogP) is -2.37. The molecule has 0 fully saturated rings. The van der Waals surface area contributed by atoms with Gasteiger partial charge in [-0.2, -0.15) is 0 Å². The molecule has 0 aliphatic carbocycles. The highest BCUT2D eigenvalue weighted by Crippen LogP contribution is 2.30. The number of fused-ring (bicyclic) bond motifs is 1. The number of phenolic OH excluding ortho intramolecular Hbond substituents is 2. The molecular weight excluding hydrogens is 246 g/mol. The van der Waals surface area contributed by atoms with Gasteiger partial charge in [0.1, 0.15) is 5.69 Å². The van der Waals surface area contributed by atoms with Crippen LogP contribution in [0, 0.1) is 0 Å². The van der Waals surface area contributed by atoms with Gasteiger partial charge in [0.05, 0.1) is 6.54 Å². The Kier molecular flexibility index (Phi) is 3.77. The van der Waals surface area contributed by atoms with E-state index in [4.69, 9.17) is 0 Å². The van der Waals surface area contributed by atoms with Gasteiger partial charge in [-0.25, -0.2) is 0 Å². The highest BCUT2D eigenvalue weighted by Gasteiger charge is 2.14. The van der Waals surface area contributed by atoms with Crippen LogP contribution in [0.4, 0.5) is 5.69 Å². The highest BCUT2D eigenvalue weighted by atomic mass is 79.9. The molecule has 4 N–H and O–H groups in total. The molecule has 4 heteroatoms. The summed E-state index contributed by atoms with van der Waals surface area (Å²) in [6, 6.07) is 3.32. The van der Waals surface area contributed by atoms with E-state index in [0.29, 0.717) is 0 Å². The second kappa shape index (κ2) is 4.66. The number of halogens is 1. The van der Waals surface area contributed by atoms with Crippen molar-refractivity contribution in [1.82, 2.24) is 0 Å². The molecule has 1 heterocycles. The Morgan fingerprint density at radius 1 is 1.07 bits per heavy atom. The predicted molar refractivity (Wildman–Crippen MR) is 49.2 cm³/mol. The number of aromatic hydroxyl groups is 2. The highest BCUT2D eigenvalue weighted by molar-refractivity contribution is 5.52. The summed E-state index contributed by atoms with van der Waals surface area (Å²) in [6.07, 6.45) is 3.35. The first kappa shape index (κ1) is 11.3. The van der Waals surface area contributed by atoms with Crippen molar-refractivity contribution in [2.24, 2.45) is 0 Å². The Morgan fingerprint density at radius 3 is 2.57 bits per heavy atom. The lowest BCUT2D eigenvalue weighted by Gasteiger charge is -2.04. The molecule has 0 saturated heterocycles. The summed E-state index contributed by atoms with van der Waals surface area (Å²) in [7, 11) is 0. The summed E-state index contributed by atoms with van der Waals surface area (Å²) in [6.45, 7) is 1.07. The minimum Gasteiger partial charge on any atom is -1.00 e. The monoisotopic (exact) mass is 259 g/mol. The summed E-state index contributed by atoms with van der Waals surface area (Å²) < 4.78 is 0. The Bertz CT molecular complexity index is 297. The van der Waals surface area contributed by atoms with Crippen molar-refractivity contribution in [3.05, 3.63) is 17.7 Å². The van der Waals surface area contributed by atoms with Crippen molar-refractivity contribution < 1.29 is 32.5 Å².